The van der Waals surface area contributed by atoms with Gasteiger partial charge >= 0.3 is 0 Å². The predicted octanol–water partition coefficient (Wildman–Crippen LogP) is 0.758. The van der Waals surface area contributed by atoms with Crippen molar-refractivity contribution in [3.05, 3.63) is 17.1 Å². The molecule has 0 unspecified atom stereocenters. The number of likely N-dealkylation sites (N-methyl/N-ethyl adjacent to an activating group) is 1. The van der Waals surface area contributed by atoms with Gasteiger partial charge in [0.15, 0.2) is 5.82 Å². The first kappa shape index (κ1) is 18.1. The minimum atomic E-state index is 0.0343. The van der Waals surface area contributed by atoms with E-state index >= 15 is 0 Å². The Morgan fingerprint density at radius 3 is 2.84 bits per heavy atom. The van der Waals surface area contributed by atoms with E-state index in [1.807, 2.05) is 6.92 Å². The Kier molecular flexibility index (Phi) is 5.86. The molecule has 0 saturated carbocycles. The lowest BCUT2D eigenvalue weighted by molar-refractivity contribution is -0.119. The van der Waals surface area contributed by atoms with Crippen LogP contribution >= 0.6 is 0 Å². The minimum Gasteiger partial charge on any atom is -0.374 e. The van der Waals surface area contributed by atoms with Gasteiger partial charge < -0.3 is 19.9 Å². The summed E-state index contributed by atoms with van der Waals surface area (Å²) in [6, 6.07) is 0.201. The van der Waals surface area contributed by atoms with Crippen molar-refractivity contribution in [2.45, 2.75) is 45.8 Å². The number of nitrogens with zero attached hydrogens (tertiary/aromatic N) is 4. The van der Waals surface area contributed by atoms with Crippen LogP contribution in [0.15, 0.2) is 0 Å². The van der Waals surface area contributed by atoms with E-state index in [0.717, 1.165) is 62.8 Å². The summed E-state index contributed by atoms with van der Waals surface area (Å²) in [5.74, 6) is 1.85. The molecule has 1 atom stereocenters. The zero-order valence-corrected chi connectivity index (χ0v) is 15.5. The largest absolute Gasteiger partial charge is 0.374 e. The highest BCUT2D eigenvalue weighted by molar-refractivity contribution is 5.73. The summed E-state index contributed by atoms with van der Waals surface area (Å²) < 4.78 is 5.54. The van der Waals surface area contributed by atoms with Crippen molar-refractivity contribution < 1.29 is 9.53 Å². The summed E-state index contributed by atoms with van der Waals surface area (Å²) in [6.45, 7) is 8.45. The number of carbonyl (C=O) groups excluding carboxylic acids is 1. The zero-order valence-electron chi connectivity index (χ0n) is 15.5. The number of carbonyl (C=O) groups is 1. The lowest BCUT2D eigenvalue weighted by Crippen LogP contribution is -2.36. The summed E-state index contributed by atoms with van der Waals surface area (Å²) in [4.78, 5) is 25.6. The topological polar surface area (TPSA) is 70.6 Å². The highest BCUT2D eigenvalue weighted by atomic mass is 16.5. The second kappa shape index (κ2) is 8.10. The standard InChI is InChI=1S/C18H29N5O2/c1-4-25-12-17-20-16-7-9-22(3)8-6-15(16)18(21-17)23-10-5-14(11-23)19-13(2)24/h14H,4-12H2,1-3H3,(H,19,24)/t14-/m1/s1. The molecule has 0 radical (unpaired) electrons. The van der Waals surface area contributed by atoms with Crippen LogP contribution in [0.2, 0.25) is 0 Å². The molecule has 7 nitrogen and oxygen atoms in total. The molecule has 2 aliphatic rings. The summed E-state index contributed by atoms with van der Waals surface area (Å²) in [5.41, 5.74) is 2.43. The van der Waals surface area contributed by atoms with E-state index in [1.54, 1.807) is 6.92 Å². The smallest absolute Gasteiger partial charge is 0.217 e. The number of anilines is 1. The molecule has 0 bridgehead atoms. The Morgan fingerprint density at radius 1 is 1.28 bits per heavy atom. The molecular weight excluding hydrogens is 318 g/mol. The number of amides is 1. The van der Waals surface area contributed by atoms with Gasteiger partial charge in [-0.05, 0) is 26.8 Å². The highest BCUT2D eigenvalue weighted by Crippen LogP contribution is 2.27. The number of nitrogens with one attached hydrogen (secondary N) is 1. The van der Waals surface area contributed by atoms with E-state index in [4.69, 9.17) is 14.7 Å². The van der Waals surface area contributed by atoms with Gasteiger partial charge in [-0.3, -0.25) is 4.79 Å². The fraction of sp³-hybridized carbons (Fsp3) is 0.722. The van der Waals surface area contributed by atoms with Gasteiger partial charge in [0.25, 0.3) is 0 Å². The lowest BCUT2D eigenvalue weighted by Gasteiger charge is -2.23. The monoisotopic (exact) mass is 347 g/mol. The zero-order chi connectivity index (χ0) is 17.8. The van der Waals surface area contributed by atoms with Crippen LogP contribution in [0, 0.1) is 0 Å². The molecule has 1 aromatic heterocycles. The third kappa shape index (κ3) is 4.46. The second-order valence-corrected chi connectivity index (χ2v) is 6.96. The maximum Gasteiger partial charge on any atom is 0.217 e. The van der Waals surface area contributed by atoms with Crippen molar-refractivity contribution in [3.8, 4) is 0 Å². The number of aromatic nitrogens is 2. The van der Waals surface area contributed by atoms with Crippen molar-refractivity contribution in [2.75, 3.05) is 44.7 Å². The molecule has 0 aliphatic carbocycles. The fourth-order valence-corrected chi connectivity index (χ4v) is 3.62. The third-order valence-electron chi connectivity index (χ3n) is 4.92. The van der Waals surface area contributed by atoms with Crippen molar-refractivity contribution in [1.29, 1.82) is 0 Å². The number of ether oxygens (including phenoxy) is 1. The van der Waals surface area contributed by atoms with Crippen molar-refractivity contribution in [1.82, 2.24) is 20.2 Å². The SMILES string of the molecule is CCOCc1nc2c(c(N3CC[C@@H](NC(C)=O)C3)n1)CCN(C)CC2. The van der Waals surface area contributed by atoms with Gasteiger partial charge in [-0.2, -0.15) is 0 Å². The molecule has 1 amide bonds. The third-order valence-corrected chi connectivity index (χ3v) is 4.92. The molecule has 1 saturated heterocycles. The predicted molar refractivity (Wildman–Crippen MR) is 96.7 cm³/mol. The second-order valence-electron chi connectivity index (χ2n) is 6.96. The van der Waals surface area contributed by atoms with Crippen LogP contribution in [0.3, 0.4) is 0 Å². The first-order chi connectivity index (χ1) is 12.1. The molecule has 1 fully saturated rings. The Bertz CT molecular complexity index is 622. The van der Waals surface area contributed by atoms with Gasteiger partial charge in [-0.1, -0.05) is 0 Å². The van der Waals surface area contributed by atoms with Gasteiger partial charge in [-0.25, -0.2) is 9.97 Å². The lowest BCUT2D eigenvalue weighted by atomic mass is 10.1. The van der Waals surface area contributed by atoms with Crippen molar-refractivity contribution in [2.24, 2.45) is 0 Å². The van der Waals surface area contributed by atoms with Crippen LogP contribution in [-0.2, 0) is 29.0 Å². The van der Waals surface area contributed by atoms with E-state index in [9.17, 15) is 4.79 Å². The van der Waals surface area contributed by atoms with E-state index in [-0.39, 0.29) is 11.9 Å². The molecule has 0 aromatic carbocycles. The summed E-state index contributed by atoms with van der Waals surface area (Å²) in [7, 11) is 2.16. The molecule has 2 aliphatic heterocycles. The van der Waals surface area contributed by atoms with E-state index in [2.05, 4.69) is 22.2 Å². The molecular formula is C18H29N5O2. The molecule has 3 rings (SSSR count). The van der Waals surface area contributed by atoms with Crippen LogP contribution in [0.4, 0.5) is 5.82 Å². The van der Waals surface area contributed by atoms with Crippen LogP contribution < -0.4 is 10.2 Å². The summed E-state index contributed by atoms with van der Waals surface area (Å²) >= 11 is 0. The summed E-state index contributed by atoms with van der Waals surface area (Å²) in [6.07, 6.45) is 2.87. The normalized spacial score (nSPS) is 21.1. The average molecular weight is 347 g/mol. The number of rotatable bonds is 5. The quantitative estimate of drug-likeness (QED) is 0.848. The van der Waals surface area contributed by atoms with Crippen molar-refractivity contribution in [3.63, 3.8) is 0 Å². The first-order valence-electron chi connectivity index (χ1n) is 9.23. The van der Waals surface area contributed by atoms with Crippen LogP contribution in [0.5, 0.6) is 0 Å². The van der Waals surface area contributed by atoms with Crippen LogP contribution in [0.1, 0.15) is 37.4 Å². The van der Waals surface area contributed by atoms with Gasteiger partial charge in [0.05, 0.1) is 5.69 Å². The van der Waals surface area contributed by atoms with Crippen molar-refractivity contribution >= 4 is 11.7 Å². The van der Waals surface area contributed by atoms with E-state index < -0.39 is 0 Å². The fourth-order valence-electron chi connectivity index (χ4n) is 3.62. The molecule has 7 heteroatoms. The van der Waals surface area contributed by atoms with Crippen LogP contribution in [0.25, 0.3) is 0 Å². The van der Waals surface area contributed by atoms with Gasteiger partial charge in [0, 0.05) is 57.7 Å². The summed E-state index contributed by atoms with van der Waals surface area (Å²) in [5, 5.41) is 3.03. The Labute approximate surface area is 149 Å². The molecule has 1 aromatic rings. The molecule has 1 N–H and O–H groups in total. The Hall–Kier alpha value is -1.73. The Balaban J connectivity index is 1.87. The minimum absolute atomic E-state index is 0.0343. The Morgan fingerprint density at radius 2 is 2.08 bits per heavy atom. The van der Waals surface area contributed by atoms with E-state index in [0.29, 0.717) is 13.2 Å². The average Bonchev–Trinajstić information content (AvgIpc) is 2.95. The first-order valence-corrected chi connectivity index (χ1v) is 9.23. The molecule has 3 heterocycles. The molecule has 138 valence electrons. The van der Waals surface area contributed by atoms with Gasteiger partial charge in [0.2, 0.25) is 5.91 Å². The highest BCUT2D eigenvalue weighted by Gasteiger charge is 2.28. The molecule has 25 heavy (non-hydrogen) atoms. The van der Waals surface area contributed by atoms with E-state index in [1.165, 1.54) is 5.56 Å². The number of fused-ring (bicyclic) bond motifs is 1. The number of hydrogen-bond donors (Lipinski definition) is 1. The van der Waals surface area contributed by atoms with Gasteiger partial charge in [-0.15, -0.1) is 0 Å². The number of hydrogen-bond acceptors (Lipinski definition) is 6. The molecule has 0 spiro atoms. The van der Waals surface area contributed by atoms with Crippen LogP contribution in [-0.4, -0.2) is 66.7 Å². The van der Waals surface area contributed by atoms with Gasteiger partial charge in [0.1, 0.15) is 12.4 Å². The maximum absolute atomic E-state index is 11.4. The maximum atomic E-state index is 11.4.